The predicted molar refractivity (Wildman–Crippen MR) is 88.5 cm³/mol. The van der Waals surface area contributed by atoms with Crippen LogP contribution in [0.2, 0.25) is 5.02 Å². The summed E-state index contributed by atoms with van der Waals surface area (Å²) < 4.78 is 1.01. The van der Waals surface area contributed by atoms with Crippen LogP contribution in [0.25, 0.3) is 10.9 Å². The third-order valence-electron chi connectivity index (χ3n) is 2.94. The second-order valence-corrected chi connectivity index (χ2v) is 6.88. The summed E-state index contributed by atoms with van der Waals surface area (Å²) in [5.41, 5.74) is 0.879. The first-order valence-corrected chi connectivity index (χ1v) is 8.00. The Morgan fingerprint density at radius 1 is 1.19 bits per heavy atom. The molecule has 0 amide bonds. The number of benzene rings is 2. The number of halogens is 2. The van der Waals surface area contributed by atoms with Crippen LogP contribution in [0.5, 0.6) is 0 Å². The highest BCUT2D eigenvalue weighted by Crippen LogP contribution is 2.36. The van der Waals surface area contributed by atoms with Crippen molar-refractivity contribution in [2.75, 3.05) is 0 Å². The smallest absolute Gasteiger partial charge is 0.352 e. The summed E-state index contributed by atoms with van der Waals surface area (Å²) in [6.45, 7) is 0. The highest BCUT2D eigenvalue weighted by molar-refractivity contribution is 9.10. The lowest BCUT2D eigenvalue weighted by atomic mass is 10.2. The largest absolute Gasteiger partial charge is 0.477 e. The maximum absolute atomic E-state index is 11.1. The first kappa shape index (κ1) is 14.5. The van der Waals surface area contributed by atoms with Crippen LogP contribution in [0.4, 0.5) is 0 Å². The van der Waals surface area contributed by atoms with E-state index in [0.29, 0.717) is 5.02 Å². The molecule has 3 aromatic rings. The highest BCUT2D eigenvalue weighted by atomic mass is 79.9. The van der Waals surface area contributed by atoms with Gasteiger partial charge in [-0.3, -0.25) is 0 Å². The quantitative estimate of drug-likeness (QED) is 0.635. The number of aromatic nitrogens is 1. The van der Waals surface area contributed by atoms with Crippen molar-refractivity contribution >= 4 is 56.2 Å². The molecule has 1 aromatic heterocycles. The SMILES string of the molecule is O=C(O)c1cc2c(Sc3ccc(Br)cc3)cc(Cl)cc2[nH]1. The van der Waals surface area contributed by atoms with E-state index in [2.05, 4.69) is 20.9 Å². The fourth-order valence-electron chi connectivity index (χ4n) is 2.00. The number of carbonyl (C=O) groups is 1. The van der Waals surface area contributed by atoms with Gasteiger partial charge in [0.1, 0.15) is 5.69 Å². The van der Waals surface area contributed by atoms with Gasteiger partial charge in [0.2, 0.25) is 0 Å². The maximum Gasteiger partial charge on any atom is 0.352 e. The number of rotatable bonds is 3. The van der Waals surface area contributed by atoms with Crippen molar-refractivity contribution in [1.29, 1.82) is 0 Å². The molecule has 3 nitrogen and oxygen atoms in total. The molecule has 0 spiro atoms. The molecule has 0 aliphatic heterocycles. The summed E-state index contributed by atoms with van der Waals surface area (Å²) in [4.78, 5) is 15.9. The third-order valence-corrected chi connectivity index (χ3v) is 4.75. The van der Waals surface area contributed by atoms with E-state index >= 15 is 0 Å². The second kappa shape index (κ2) is 5.75. The number of H-pyrrole nitrogens is 1. The molecule has 0 saturated heterocycles. The fraction of sp³-hybridized carbons (Fsp3) is 0. The maximum atomic E-state index is 11.1. The Hall–Kier alpha value is -1.43. The van der Waals surface area contributed by atoms with Crippen molar-refractivity contribution in [3.63, 3.8) is 0 Å². The van der Waals surface area contributed by atoms with Gasteiger partial charge in [0.15, 0.2) is 0 Å². The van der Waals surface area contributed by atoms with Crippen LogP contribution in [-0.2, 0) is 0 Å². The van der Waals surface area contributed by atoms with Gasteiger partial charge in [0.05, 0.1) is 0 Å². The van der Waals surface area contributed by atoms with Crippen LogP contribution in [0.3, 0.4) is 0 Å². The number of aromatic amines is 1. The molecule has 0 aliphatic rings. The van der Waals surface area contributed by atoms with Gasteiger partial charge in [-0.05, 0) is 42.5 Å². The lowest BCUT2D eigenvalue weighted by Crippen LogP contribution is -1.94. The van der Waals surface area contributed by atoms with Gasteiger partial charge < -0.3 is 10.1 Å². The van der Waals surface area contributed by atoms with Crippen molar-refractivity contribution in [3.8, 4) is 0 Å². The van der Waals surface area contributed by atoms with Crippen molar-refractivity contribution in [2.24, 2.45) is 0 Å². The molecule has 0 bridgehead atoms. The fourth-order valence-corrected chi connectivity index (χ4v) is 3.54. The Bertz CT molecular complexity index is 830. The predicted octanol–water partition coefficient (Wildman–Crippen LogP) is 5.43. The zero-order valence-corrected chi connectivity index (χ0v) is 13.7. The van der Waals surface area contributed by atoms with E-state index < -0.39 is 5.97 Å². The molecule has 0 radical (unpaired) electrons. The van der Waals surface area contributed by atoms with E-state index in [1.807, 2.05) is 30.3 Å². The molecular formula is C15H9BrClNO2S. The van der Waals surface area contributed by atoms with E-state index in [9.17, 15) is 4.79 Å². The second-order valence-electron chi connectivity index (χ2n) is 4.41. The molecule has 3 rings (SSSR count). The molecule has 2 N–H and O–H groups in total. The summed E-state index contributed by atoms with van der Waals surface area (Å²) in [5.74, 6) is -0.984. The standard InChI is InChI=1S/C15H9BrClNO2S/c16-8-1-3-10(4-2-8)21-14-6-9(17)5-12-11(14)7-13(18-12)15(19)20/h1-7,18H,(H,19,20). The number of fused-ring (bicyclic) bond motifs is 1. The van der Waals surface area contributed by atoms with E-state index in [1.165, 1.54) is 0 Å². The minimum atomic E-state index is -0.984. The van der Waals surface area contributed by atoms with Gasteiger partial charge in [-0.2, -0.15) is 0 Å². The zero-order chi connectivity index (χ0) is 15.0. The molecule has 6 heteroatoms. The Morgan fingerprint density at radius 2 is 1.90 bits per heavy atom. The third kappa shape index (κ3) is 3.10. The Balaban J connectivity index is 2.08. The van der Waals surface area contributed by atoms with Gasteiger partial charge in [-0.1, -0.05) is 39.3 Å². The molecular weight excluding hydrogens is 374 g/mol. The van der Waals surface area contributed by atoms with E-state index in [1.54, 1.807) is 23.9 Å². The van der Waals surface area contributed by atoms with Crippen LogP contribution in [0, 0.1) is 0 Å². The van der Waals surface area contributed by atoms with Gasteiger partial charge in [0.25, 0.3) is 0 Å². The van der Waals surface area contributed by atoms with Crippen LogP contribution < -0.4 is 0 Å². The Morgan fingerprint density at radius 3 is 2.57 bits per heavy atom. The first-order valence-electron chi connectivity index (χ1n) is 6.02. The molecule has 0 saturated carbocycles. The molecule has 0 aliphatic carbocycles. The molecule has 0 unspecified atom stereocenters. The van der Waals surface area contributed by atoms with Crippen LogP contribution in [0.15, 0.2) is 56.7 Å². The minimum Gasteiger partial charge on any atom is -0.477 e. The molecule has 2 aromatic carbocycles. The number of aromatic carboxylic acids is 1. The summed E-state index contributed by atoms with van der Waals surface area (Å²) in [6.07, 6.45) is 0. The lowest BCUT2D eigenvalue weighted by Gasteiger charge is -2.04. The van der Waals surface area contributed by atoms with Crippen molar-refractivity contribution < 1.29 is 9.90 Å². The number of carboxylic acids is 1. The van der Waals surface area contributed by atoms with Gasteiger partial charge in [-0.15, -0.1) is 0 Å². The molecule has 1 heterocycles. The monoisotopic (exact) mass is 381 g/mol. The van der Waals surface area contributed by atoms with Crippen LogP contribution in [-0.4, -0.2) is 16.1 Å². The lowest BCUT2D eigenvalue weighted by molar-refractivity contribution is 0.0691. The summed E-state index contributed by atoms with van der Waals surface area (Å²) >= 11 is 11.1. The summed E-state index contributed by atoms with van der Waals surface area (Å²) in [6, 6.07) is 13.1. The summed E-state index contributed by atoms with van der Waals surface area (Å²) in [7, 11) is 0. The van der Waals surface area contributed by atoms with Gasteiger partial charge in [0, 0.05) is 30.2 Å². The zero-order valence-electron chi connectivity index (χ0n) is 10.6. The number of hydrogen-bond donors (Lipinski definition) is 2. The Labute approximate surface area is 138 Å². The molecule has 106 valence electrons. The first-order chi connectivity index (χ1) is 10.0. The average Bonchev–Trinajstić information content (AvgIpc) is 2.85. The van der Waals surface area contributed by atoms with E-state index in [-0.39, 0.29) is 5.69 Å². The van der Waals surface area contributed by atoms with Crippen LogP contribution in [0.1, 0.15) is 10.5 Å². The molecule has 21 heavy (non-hydrogen) atoms. The number of nitrogens with one attached hydrogen (secondary N) is 1. The summed E-state index contributed by atoms with van der Waals surface area (Å²) in [5, 5.41) is 10.5. The number of carboxylic acid groups (broad SMARTS) is 1. The topological polar surface area (TPSA) is 53.1 Å². The number of hydrogen-bond acceptors (Lipinski definition) is 2. The molecule has 0 atom stereocenters. The normalized spacial score (nSPS) is 11.0. The average molecular weight is 383 g/mol. The van der Waals surface area contributed by atoms with E-state index in [0.717, 1.165) is 25.2 Å². The van der Waals surface area contributed by atoms with Crippen molar-refractivity contribution in [3.05, 3.63) is 57.7 Å². The van der Waals surface area contributed by atoms with Gasteiger partial charge >= 0.3 is 5.97 Å². The minimum absolute atomic E-state index is 0.157. The highest BCUT2D eigenvalue weighted by Gasteiger charge is 2.12. The van der Waals surface area contributed by atoms with Gasteiger partial charge in [-0.25, -0.2) is 4.79 Å². The molecule has 0 fully saturated rings. The van der Waals surface area contributed by atoms with E-state index in [4.69, 9.17) is 16.7 Å². The van der Waals surface area contributed by atoms with Crippen LogP contribution >= 0.6 is 39.3 Å². The Kier molecular flexibility index (Phi) is 3.97. The van der Waals surface area contributed by atoms with Crippen molar-refractivity contribution in [2.45, 2.75) is 9.79 Å². The van der Waals surface area contributed by atoms with Crippen molar-refractivity contribution in [1.82, 2.24) is 4.98 Å².